The number of hydrogen-bond acceptors (Lipinski definition) is 4. The molecule has 5 heteroatoms. The highest BCUT2D eigenvalue weighted by molar-refractivity contribution is 5.94. The normalized spacial score (nSPS) is 16.9. The number of carbonyl (C=O) groups excluding carboxylic acids is 1. The van der Waals surface area contributed by atoms with Gasteiger partial charge in [0, 0.05) is 12.2 Å². The summed E-state index contributed by atoms with van der Waals surface area (Å²) in [5, 5.41) is 14.3. The van der Waals surface area contributed by atoms with Crippen LogP contribution in [0, 0.1) is 0 Å². The highest BCUT2D eigenvalue weighted by Crippen LogP contribution is 2.17. The van der Waals surface area contributed by atoms with Crippen molar-refractivity contribution in [1.29, 1.82) is 0 Å². The number of nitrogens with zero attached hydrogens (tertiary/aromatic N) is 2. The fourth-order valence-electron chi connectivity index (χ4n) is 2.19. The number of pyridine rings is 1. The van der Waals surface area contributed by atoms with Gasteiger partial charge in [-0.05, 0) is 25.0 Å². The highest BCUT2D eigenvalue weighted by Gasteiger charge is 2.16. The number of amides is 1. The van der Waals surface area contributed by atoms with Gasteiger partial charge in [0.05, 0.1) is 17.5 Å². The Morgan fingerprint density at radius 2 is 2.17 bits per heavy atom. The molecular weight excluding hydrogens is 230 g/mol. The van der Waals surface area contributed by atoms with Crippen molar-refractivity contribution >= 4 is 12.1 Å². The molecule has 0 radical (unpaired) electrons. The van der Waals surface area contributed by atoms with Crippen molar-refractivity contribution < 1.29 is 10.0 Å². The Labute approximate surface area is 106 Å². The molecule has 1 fully saturated rings. The van der Waals surface area contributed by atoms with Crippen LogP contribution >= 0.6 is 0 Å². The van der Waals surface area contributed by atoms with E-state index in [0.717, 1.165) is 12.8 Å². The van der Waals surface area contributed by atoms with Crippen LogP contribution in [0.3, 0.4) is 0 Å². The zero-order chi connectivity index (χ0) is 12.8. The second-order valence-electron chi connectivity index (χ2n) is 4.52. The molecule has 5 nitrogen and oxygen atoms in total. The highest BCUT2D eigenvalue weighted by atomic mass is 16.4. The molecular formula is C13H17N3O2. The first-order valence-corrected chi connectivity index (χ1v) is 6.24. The molecule has 0 spiro atoms. The fraction of sp³-hybridized carbons (Fsp3) is 0.462. The van der Waals surface area contributed by atoms with Crippen LogP contribution in [0.25, 0.3) is 0 Å². The maximum absolute atomic E-state index is 11.9. The predicted octanol–water partition coefficient (Wildman–Crippen LogP) is 1.95. The lowest BCUT2D eigenvalue weighted by Crippen LogP contribution is -2.36. The van der Waals surface area contributed by atoms with Gasteiger partial charge in [-0.2, -0.15) is 0 Å². The second-order valence-corrected chi connectivity index (χ2v) is 4.52. The van der Waals surface area contributed by atoms with E-state index in [-0.39, 0.29) is 5.91 Å². The third kappa shape index (κ3) is 3.29. The molecule has 0 bridgehead atoms. The summed E-state index contributed by atoms with van der Waals surface area (Å²) in [5.41, 5.74) is 1.06. The van der Waals surface area contributed by atoms with Gasteiger partial charge in [-0.3, -0.25) is 9.78 Å². The van der Waals surface area contributed by atoms with Crippen molar-refractivity contribution in [2.24, 2.45) is 5.16 Å². The molecule has 0 atom stereocenters. The Bertz CT molecular complexity index is 422. The lowest BCUT2D eigenvalue weighted by Gasteiger charge is -2.22. The van der Waals surface area contributed by atoms with Crippen LogP contribution in [0.2, 0.25) is 0 Å². The van der Waals surface area contributed by atoms with Crippen LogP contribution in [0.4, 0.5) is 0 Å². The van der Waals surface area contributed by atoms with E-state index in [2.05, 4.69) is 15.5 Å². The summed E-state index contributed by atoms with van der Waals surface area (Å²) in [6.45, 7) is 0. The van der Waals surface area contributed by atoms with Crippen molar-refractivity contribution in [3.05, 3.63) is 29.6 Å². The SMILES string of the molecule is O=C(NC1CCCCC1)c1ccc(C=NO)nc1. The minimum Gasteiger partial charge on any atom is -0.411 e. The molecule has 1 aromatic heterocycles. The first-order chi connectivity index (χ1) is 8.79. The van der Waals surface area contributed by atoms with Gasteiger partial charge in [-0.25, -0.2) is 0 Å². The van der Waals surface area contributed by atoms with Crippen molar-refractivity contribution in [3.8, 4) is 0 Å². The first kappa shape index (κ1) is 12.5. The van der Waals surface area contributed by atoms with E-state index in [0.29, 0.717) is 17.3 Å². The van der Waals surface area contributed by atoms with E-state index < -0.39 is 0 Å². The van der Waals surface area contributed by atoms with Crippen LogP contribution in [0.15, 0.2) is 23.5 Å². The Hall–Kier alpha value is -1.91. The molecule has 1 saturated carbocycles. The van der Waals surface area contributed by atoms with E-state index >= 15 is 0 Å². The van der Waals surface area contributed by atoms with Crippen molar-refractivity contribution in [2.45, 2.75) is 38.1 Å². The molecule has 1 amide bonds. The number of rotatable bonds is 3. The summed E-state index contributed by atoms with van der Waals surface area (Å²) in [6, 6.07) is 3.63. The summed E-state index contributed by atoms with van der Waals surface area (Å²) >= 11 is 0. The van der Waals surface area contributed by atoms with Crippen LogP contribution in [0.1, 0.15) is 48.2 Å². The first-order valence-electron chi connectivity index (χ1n) is 6.24. The van der Waals surface area contributed by atoms with Gasteiger partial charge in [0.25, 0.3) is 5.91 Å². The van der Waals surface area contributed by atoms with E-state index in [9.17, 15) is 4.79 Å². The van der Waals surface area contributed by atoms with Gasteiger partial charge >= 0.3 is 0 Å². The minimum atomic E-state index is -0.0816. The van der Waals surface area contributed by atoms with Gasteiger partial charge in [-0.1, -0.05) is 24.4 Å². The molecule has 18 heavy (non-hydrogen) atoms. The molecule has 1 aliphatic rings. The quantitative estimate of drug-likeness (QED) is 0.487. The molecule has 1 heterocycles. The third-order valence-electron chi connectivity index (χ3n) is 3.18. The topological polar surface area (TPSA) is 74.6 Å². The van der Waals surface area contributed by atoms with Crippen LogP contribution < -0.4 is 5.32 Å². The third-order valence-corrected chi connectivity index (χ3v) is 3.18. The summed E-state index contributed by atoms with van der Waals surface area (Å²) in [5.74, 6) is -0.0816. The second kappa shape index (κ2) is 6.14. The summed E-state index contributed by atoms with van der Waals surface area (Å²) in [6.07, 6.45) is 8.49. The van der Waals surface area contributed by atoms with Crippen molar-refractivity contribution in [2.75, 3.05) is 0 Å². The van der Waals surface area contributed by atoms with Crippen molar-refractivity contribution in [3.63, 3.8) is 0 Å². The minimum absolute atomic E-state index is 0.0816. The van der Waals surface area contributed by atoms with Gasteiger partial charge in [0.2, 0.25) is 0 Å². The Morgan fingerprint density at radius 3 is 2.78 bits per heavy atom. The molecule has 2 rings (SSSR count). The fourth-order valence-corrected chi connectivity index (χ4v) is 2.19. The lowest BCUT2D eigenvalue weighted by atomic mass is 9.95. The van der Waals surface area contributed by atoms with Crippen LogP contribution in [0.5, 0.6) is 0 Å². The van der Waals surface area contributed by atoms with Gasteiger partial charge in [0.1, 0.15) is 0 Å². The molecule has 1 aromatic rings. The lowest BCUT2D eigenvalue weighted by molar-refractivity contribution is 0.0927. The molecule has 2 N–H and O–H groups in total. The smallest absolute Gasteiger partial charge is 0.253 e. The number of aromatic nitrogens is 1. The van der Waals surface area contributed by atoms with Crippen molar-refractivity contribution in [1.82, 2.24) is 10.3 Å². The number of hydrogen-bond donors (Lipinski definition) is 2. The zero-order valence-corrected chi connectivity index (χ0v) is 10.2. The van der Waals surface area contributed by atoms with Crippen LogP contribution in [-0.4, -0.2) is 28.4 Å². The predicted molar refractivity (Wildman–Crippen MR) is 68.0 cm³/mol. The molecule has 0 unspecified atom stereocenters. The van der Waals surface area contributed by atoms with Gasteiger partial charge in [0.15, 0.2) is 0 Å². The largest absolute Gasteiger partial charge is 0.411 e. The maximum Gasteiger partial charge on any atom is 0.253 e. The average molecular weight is 247 g/mol. The average Bonchev–Trinajstić information content (AvgIpc) is 2.41. The molecule has 0 aliphatic heterocycles. The van der Waals surface area contributed by atoms with Gasteiger partial charge in [-0.15, -0.1) is 0 Å². The maximum atomic E-state index is 11.9. The van der Waals surface area contributed by atoms with E-state index in [1.54, 1.807) is 12.1 Å². The van der Waals surface area contributed by atoms with Gasteiger partial charge < -0.3 is 10.5 Å². The standard InChI is InChI=1S/C13H17N3O2/c17-13(16-11-4-2-1-3-5-11)10-6-7-12(9-15-18)14-8-10/h6-9,11,18H,1-5H2,(H,16,17). The molecule has 96 valence electrons. The number of oxime groups is 1. The summed E-state index contributed by atoms with van der Waals surface area (Å²) < 4.78 is 0. The number of nitrogens with one attached hydrogen (secondary N) is 1. The number of carbonyl (C=O) groups is 1. The monoisotopic (exact) mass is 247 g/mol. The molecule has 1 aliphatic carbocycles. The summed E-state index contributed by atoms with van der Waals surface area (Å²) in [4.78, 5) is 16.0. The Kier molecular flexibility index (Phi) is 4.28. The molecule has 0 aromatic carbocycles. The summed E-state index contributed by atoms with van der Waals surface area (Å²) in [7, 11) is 0. The van der Waals surface area contributed by atoms with Crippen LogP contribution in [-0.2, 0) is 0 Å². The van der Waals surface area contributed by atoms with E-state index in [4.69, 9.17) is 5.21 Å². The van der Waals surface area contributed by atoms with E-state index in [1.165, 1.54) is 31.7 Å². The zero-order valence-electron chi connectivity index (χ0n) is 10.2. The van der Waals surface area contributed by atoms with E-state index in [1.807, 2.05) is 0 Å². The molecule has 0 saturated heterocycles. The Morgan fingerprint density at radius 1 is 1.39 bits per heavy atom. The Balaban J connectivity index is 1.95.